The lowest BCUT2D eigenvalue weighted by Gasteiger charge is -2.31. The van der Waals surface area contributed by atoms with Crippen LogP contribution in [0.4, 0.5) is 0 Å². The van der Waals surface area contributed by atoms with Gasteiger partial charge in [0.25, 0.3) is 0 Å². The van der Waals surface area contributed by atoms with Crippen LogP contribution in [-0.4, -0.2) is 56.9 Å². The maximum atomic E-state index is 5.71. The molecule has 2 heterocycles. The number of nitrogens with zero attached hydrogens (tertiary/aromatic N) is 2. The number of ether oxygens (including phenoxy) is 2. The van der Waals surface area contributed by atoms with E-state index in [1.807, 2.05) is 7.05 Å². The van der Waals surface area contributed by atoms with Gasteiger partial charge in [-0.25, -0.2) is 0 Å². The molecule has 24 heavy (non-hydrogen) atoms. The third-order valence-corrected chi connectivity index (χ3v) is 4.72. The largest absolute Gasteiger partial charge is 0.379 e. The van der Waals surface area contributed by atoms with E-state index in [0.29, 0.717) is 6.10 Å². The number of hydrogen-bond acceptors (Lipinski definition) is 3. The summed E-state index contributed by atoms with van der Waals surface area (Å²) in [4.78, 5) is 6.77. The number of benzene rings is 1. The van der Waals surface area contributed by atoms with Crippen molar-refractivity contribution in [2.45, 2.75) is 38.3 Å². The maximum absolute atomic E-state index is 5.71. The Labute approximate surface area is 145 Å². The topological polar surface area (TPSA) is 46.1 Å². The Hall–Kier alpha value is -1.59. The minimum Gasteiger partial charge on any atom is -0.379 e. The van der Waals surface area contributed by atoms with Crippen molar-refractivity contribution in [3.8, 4) is 0 Å². The van der Waals surface area contributed by atoms with Gasteiger partial charge in [-0.05, 0) is 36.8 Å². The summed E-state index contributed by atoms with van der Waals surface area (Å²) in [6.07, 6.45) is 4.70. The van der Waals surface area contributed by atoms with Crippen LogP contribution in [0.15, 0.2) is 29.3 Å². The van der Waals surface area contributed by atoms with E-state index >= 15 is 0 Å². The van der Waals surface area contributed by atoms with Crippen molar-refractivity contribution < 1.29 is 9.47 Å². The van der Waals surface area contributed by atoms with Gasteiger partial charge in [0.15, 0.2) is 5.96 Å². The van der Waals surface area contributed by atoms with Crippen LogP contribution in [0.2, 0.25) is 0 Å². The van der Waals surface area contributed by atoms with Gasteiger partial charge in [0, 0.05) is 39.9 Å². The number of fused-ring (bicyclic) bond motifs is 1. The van der Waals surface area contributed by atoms with Crippen molar-refractivity contribution in [3.63, 3.8) is 0 Å². The van der Waals surface area contributed by atoms with Crippen LogP contribution >= 0.6 is 0 Å². The van der Waals surface area contributed by atoms with Gasteiger partial charge in [0.2, 0.25) is 0 Å². The van der Waals surface area contributed by atoms with E-state index in [9.17, 15) is 0 Å². The molecule has 0 aliphatic carbocycles. The molecule has 0 aromatic heterocycles. The Morgan fingerprint density at radius 3 is 3.04 bits per heavy atom. The molecule has 1 saturated heterocycles. The average Bonchev–Trinajstić information content (AvgIpc) is 3.14. The van der Waals surface area contributed by atoms with Gasteiger partial charge in [0.1, 0.15) is 0 Å². The average molecular weight is 331 g/mol. The zero-order chi connectivity index (χ0) is 16.6. The Balaban J connectivity index is 1.35. The number of hydrogen-bond donors (Lipinski definition) is 1. The molecule has 0 saturated carbocycles. The SMILES string of the molecule is CN=C(NCCCOCC1CCCO1)N1CCc2ccccc2C1. The summed E-state index contributed by atoms with van der Waals surface area (Å²) in [5, 5.41) is 3.46. The first-order chi connectivity index (χ1) is 11.9. The Bertz CT molecular complexity index is 541. The number of guanidine groups is 1. The molecule has 3 rings (SSSR count). The smallest absolute Gasteiger partial charge is 0.193 e. The van der Waals surface area contributed by atoms with E-state index < -0.39 is 0 Å². The molecule has 0 spiro atoms. The van der Waals surface area contributed by atoms with E-state index in [1.54, 1.807) is 0 Å². The molecule has 2 aliphatic rings. The van der Waals surface area contributed by atoms with E-state index in [0.717, 1.165) is 64.7 Å². The van der Waals surface area contributed by atoms with Crippen LogP contribution in [0.25, 0.3) is 0 Å². The van der Waals surface area contributed by atoms with Crippen molar-refractivity contribution >= 4 is 5.96 Å². The monoisotopic (exact) mass is 331 g/mol. The van der Waals surface area contributed by atoms with Gasteiger partial charge in [-0.1, -0.05) is 24.3 Å². The lowest BCUT2D eigenvalue weighted by Crippen LogP contribution is -2.44. The fourth-order valence-electron chi connectivity index (χ4n) is 3.37. The van der Waals surface area contributed by atoms with Crippen LogP contribution in [0.5, 0.6) is 0 Å². The molecule has 0 amide bonds. The lowest BCUT2D eigenvalue weighted by atomic mass is 10.0. The van der Waals surface area contributed by atoms with Gasteiger partial charge in [-0.2, -0.15) is 0 Å². The zero-order valence-electron chi connectivity index (χ0n) is 14.7. The standard InChI is InChI=1S/C19H29N3O2/c1-20-19(21-10-5-12-23-15-18-8-4-13-24-18)22-11-9-16-6-2-3-7-17(16)14-22/h2-3,6-7,18H,4-5,8-15H2,1H3,(H,20,21). The molecule has 0 radical (unpaired) electrons. The molecule has 2 aliphatic heterocycles. The minimum absolute atomic E-state index is 0.319. The normalized spacial score (nSPS) is 21.0. The summed E-state index contributed by atoms with van der Waals surface area (Å²) in [6, 6.07) is 8.68. The van der Waals surface area contributed by atoms with Crippen LogP contribution in [0.3, 0.4) is 0 Å². The summed E-state index contributed by atoms with van der Waals surface area (Å²) in [5.74, 6) is 0.989. The van der Waals surface area contributed by atoms with Crippen molar-refractivity contribution in [1.29, 1.82) is 0 Å². The molecule has 5 heteroatoms. The Morgan fingerprint density at radius 1 is 1.38 bits per heavy atom. The summed E-state index contributed by atoms with van der Waals surface area (Å²) in [6.45, 7) is 5.24. The highest BCUT2D eigenvalue weighted by Gasteiger charge is 2.18. The second kappa shape index (κ2) is 9.04. The summed E-state index contributed by atoms with van der Waals surface area (Å²) in [7, 11) is 1.86. The van der Waals surface area contributed by atoms with Crippen LogP contribution in [-0.2, 0) is 22.4 Å². The third kappa shape index (κ3) is 4.71. The molecular weight excluding hydrogens is 302 g/mol. The fraction of sp³-hybridized carbons (Fsp3) is 0.632. The van der Waals surface area contributed by atoms with E-state index in [2.05, 4.69) is 39.5 Å². The van der Waals surface area contributed by atoms with E-state index in [-0.39, 0.29) is 0 Å². The quantitative estimate of drug-likeness (QED) is 0.493. The van der Waals surface area contributed by atoms with Gasteiger partial charge < -0.3 is 19.7 Å². The van der Waals surface area contributed by atoms with Gasteiger partial charge >= 0.3 is 0 Å². The van der Waals surface area contributed by atoms with Gasteiger partial charge in [-0.3, -0.25) is 4.99 Å². The lowest BCUT2D eigenvalue weighted by molar-refractivity contribution is 0.0168. The van der Waals surface area contributed by atoms with E-state index in [1.165, 1.54) is 17.5 Å². The fourth-order valence-corrected chi connectivity index (χ4v) is 3.37. The first-order valence-corrected chi connectivity index (χ1v) is 9.08. The highest BCUT2D eigenvalue weighted by molar-refractivity contribution is 5.80. The number of nitrogens with one attached hydrogen (secondary N) is 1. The minimum atomic E-state index is 0.319. The van der Waals surface area contributed by atoms with Crippen molar-refractivity contribution in [1.82, 2.24) is 10.2 Å². The molecule has 5 nitrogen and oxygen atoms in total. The first kappa shape index (κ1) is 17.2. The predicted octanol–water partition coefficient (Wildman–Crippen LogP) is 2.21. The summed E-state index contributed by atoms with van der Waals surface area (Å²) in [5.41, 5.74) is 2.87. The molecule has 1 fully saturated rings. The Kier molecular flexibility index (Phi) is 6.49. The van der Waals surface area contributed by atoms with Gasteiger partial charge in [-0.15, -0.1) is 0 Å². The van der Waals surface area contributed by atoms with Crippen LogP contribution in [0, 0.1) is 0 Å². The van der Waals surface area contributed by atoms with Gasteiger partial charge in [0.05, 0.1) is 12.7 Å². The van der Waals surface area contributed by atoms with Crippen molar-refractivity contribution in [3.05, 3.63) is 35.4 Å². The number of aliphatic imine (C=N–C) groups is 1. The molecule has 1 unspecified atom stereocenters. The molecule has 1 N–H and O–H groups in total. The van der Waals surface area contributed by atoms with E-state index in [4.69, 9.17) is 9.47 Å². The molecule has 1 aromatic carbocycles. The number of rotatable bonds is 6. The Morgan fingerprint density at radius 2 is 2.25 bits per heavy atom. The maximum Gasteiger partial charge on any atom is 0.193 e. The molecule has 132 valence electrons. The van der Waals surface area contributed by atoms with Crippen molar-refractivity contribution in [2.75, 3.05) is 40.0 Å². The van der Waals surface area contributed by atoms with Crippen LogP contribution < -0.4 is 5.32 Å². The summed E-state index contributed by atoms with van der Waals surface area (Å²) >= 11 is 0. The predicted molar refractivity (Wildman–Crippen MR) is 96.3 cm³/mol. The zero-order valence-corrected chi connectivity index (χ0v) is 14.7. The molecular formula is C19H29N3O2. The highest BCUT2D eigenvalue weighted by Crippen LogP contribution is 2.18. The first-order valence-electron chi connectivity index (χ1n) is 9.08. The second-order valence-corrected chi connectivity index (χ2v) is 6.48. The third-order valence-electron chi connectivity index (χ3n) is 4.72. The second-order valence-electron chi connectivity index (χ2n) is 6.48. The van der Waals surface area contributed by atoms with Crippen LogP contribution in [0.1, 0.15) is 30.4 Å². The van der Waals surface area contributed by atoms with Crippen molar-refractivity contribution in [2.24, 2.45) is 4.99 Å². The summed E-state index contributed by atoms with van der Waals surface area (Å²) < 4.78 is 11.3. The molecule has 1 atom stereocenters. The highest BCUT2D eigenvalue weighted by atomic mass is 16.5. The molecule has 1 aromatic rings. The molecule has 0 bridgehead atoms.